The van der Waals surface area contributed by atoms with Crippen LogP contribution in [0.15, 0.2) is 29.2 Å². The SMILES string of the molecule is CC(C)[C@@H]1CC[C@@H](C)C[C@H]1C(=O)Nc1ccc(S(=O)(=O)N2CCCCCC2)cc1. The maximum absolute atomic E-state index is 13.0. The molecule has 0 unspecified atom stereocenters. The lowest BCUT2D eigenvalue weighted by molar-refractivity contribution is -0.123. The van der Waals surface area contributed by atoms with Crippen molar-refractivity contribution < 1.29 is 13.2 Å². The van der Waals surface area contributed by atoms with Crippen LogP contribution in [0.2, 0.25) is 0 Å². The molecule has 1 aromatic rings. The van der Waals surface area contributed by atoms with Crippen LogP contribution in [-0.4, -0.2) is 31.7 Å². The van der Waals surface area contributed by atoms with Gasteiger partial charge in [0.15, 0.2) is 0 Å². The number of nitrogens with zero attached hydrogens (tertiary/aromatic N) is 1. The number of hydrogen-bond donors (Lipinski definition) is 1. The highest BCUT2D eigenvalue weighted by atomic mass is 32.2. The second-order valence-corrected chi connectivity index (χ2v) is 11.2. The third-order valence-electron chi connectivity index (χ3n) is 6.68. The first-order valence-electron chi connectivity index (χ1n) is 11.2. The zero-order chi connectivity index (χ0) is 21.0. The molecule has 1 amide bonds. The van der Waals surface area contributed by atoms with Crippen molar-refractivity contribution in [3.63, 3.8) is 0 Å². The minimum Gasteiger partial charge on any atom is -0.326 e. The minimum atomic E-state index is -3.46. The Kier molecular flexibility index (Phi) is 7.38. The highest BCUT2D eigenvalue weighted by Crippen LogP contribution is 2.38. The average molecular weight is 421 g/mol. The van der Waals surface area contributed by atoms with E-state index in [9.17, 15) is 13.2 Å². The summed E-state index contributed by atoms with van der Waals surface area (Å²) in [5.74, 6) is 1.56. The number of carbonyl (C=O) groups excluding carboxylic acids is 1. The van der Waals surface area contributed by atoms with Gasteiger partial charge in [0.05, 0.1) is 4.90 Å². The molecular formula is C23H36N2O3S. The van der Waals surface area contributed by atoms with Crippen molar-refractivity contribution in [1.82, 2.24) is 4.31 Å². The number of anilines is 1. The molecule has 2 fully saturated rings. The van der Waals surface area contributed by atoms with Crippen molar-refractivity contribution >= 4 is 21.6 Å². The van der Waals surface area contributed by atoms with Crippen molar-refractivity contribution in [3.8, 4) is 0 Å². The molecule has 1 heterocycles. The fourth-order valence-corrected chi connectivity index (χ4v) is 6.40. The number of benzene rings is 1. The summed E-state index contributed by atoms with van der Waals surface area (Å²) in [6.45, 7) is 7.81. The first-order chi connectivity index (χ1) is 13.8. The third kappa shape index (κ3) is 5.40. The molecule has 6 heteroatoms. The summed E-state index contributed by atoms with van der Waals surface area (Å²) >= 11 is 0. The van der Waals surface area contributed by atoms with E-state index >= 15 is 0 Å². The van der Waals surface area contributed by atoms with Gasteiger partial charge in [0.25, 0.3) is 0 Å². The number of amides is 1. The zero-order valence-corrected chi connectivity index (χ0v) is 18.9. The van der Waals surface area contributed by atoms with Crippen molar-refractivity contribution in [1.29, 1.82) is 0 Å². The quantitative estimate of drug-likeness (QED) is 0.737. The molecule has 2 aliphatic rings. The molecule has 0 spiro atoms. The van der Waals surface area contributed by atoms with Crippen LogP contribution in [0.4, 0.5) is 5.69 Å². The maximum atomic E-state index is 13.0. The van der Waals surface area contributed by atoms with Crippen LogP contribution in [0.25, 0.3) is 0 Å². The van der Waals surface area contributed by atoms with E-state index in [1.807, 2.05) is 0 Å². The summed E-state index contributed by atoms with van der Waals surface area (Å²) in [7, 11) is -3.46. The largest absolute Gasteiger partial charge is 0.326 e. The van der Waals surface area contributed by atoms with E-state index in [2.05, 4.69) is 26.1 Å². The number of carbonyl (C=O) groups is 1. The predicted octanol–water partition coefficient (Wildman–Crippen LogP) is 4.90. The fraction of sp³-hybridized carbons (Fsp3) is 0.696. The molecule has 162 valence electrons. The van der Waals surface area contributed by atoms with Gasteiger partial charge in [-0.05, 0) is 67.7 Å². The van der Waals surface area contributed by atoms with E-state index in [-0.39, 0.29) is 11.8 Å². The summed E-state index contributed by atoms with van der Waals surface area (Å²) in [5.41, 5.74) is 0.672. The monoisotopic (exact) mass is 420 g/mol. The van der Waals surface area contributed by atoms with Crippen LogP contribution in [0.3, 0.4) is 0 Å². The van der Waals surface area contributed by atoms with Gasteiger partial charge in [0.2, 0.25) is 15.9 Å². The minimum absolute atomic E-state index is 0.0271. The van der Waals surface area contributed by atoms with Crippen molar-refractivity contribution in [2.24, 2.45) is 23.7 Å². The first-order valence-corrected chi connectivity index (χ1v) is 12.6. The average Bonchev–Trinajstić information content (AvgIpc) is 2.98. The Labute approximate surface area is 176 Å². The van der Waals surface area contributed by atoms with Gasteiger partial charge >= 0.3 is 0 Å². The Balaban J connectivity index is 1.69. The van der Waals surface area contributed by atoms with Crippen LogP contribution < -0.4 is 5.32 Å². The molecule has 0 aromatic heterocycles. The Morgan fingerprint density at radius 1 is 1.03 bits per heavy atom. The highest BCUT2D eigenvalue weighted by molar-refractivity contribution is 7.89. The molecule has 1 aromatic carbocycles. The molecule has 0 radical (unpaired) electrons. The van der Waals surface area contributed by atoms with Gasteiger partial charge in [-0.1, -0.05) is 40.0 Å². The lowest BCUT2D eigenvalue weighted by atomic mass is 9.70. The van der Waals surface area contributed by atoms with Crippen LogP contribution in [0, 0.1) is 23.7 Å². The number of sulfonamides is 1. The maximum Gasteiger partial charge on any atom is 0.243 e. The zero-order valence-electron chi connectivity index (χ0n) is 18.1. The number of hydrogen-bond acceptors (Lipinski definition) is 3. The fourth-order valence-electron chi connectivity index (χ4n) is 4.88. The number of rotatable bonds is 5. The number of nitrogens with one attached hydrogen (secondary N) is 1. The Morgan fingerprint density at radius 2 is 1.66 bits per heavy atom. The standard InChI is InChI=1S/C23H36N2O3S/c1-17(2)21-13-8-18(3)16-22(21)23(26)24-19-9-11-20(12-10-19)29(27,28)25-14-6-4-5-7-15-25/h9-12,17-18,21-22H,4-8,13-16H2,1-3H3,(H,24,26)/t18-,21+,22-/m1/s1. The van der Waals surface area contributed by atoms with Crippen molar-refractivity contribution in [3.05, 3.63) is 24.3 Å². The van der Waals surface area contributed by atoms with Gasteiger partial charge in [-0.3, -0.25) is 4.79 Å². The second-order valence-electron chi connectivity index (χ2n) is 9.26. The Bertz CT molecular complexity index is 781. The summed E-state index contributed by atoms with van der Waals surface area (Å²) in [5, 5.41) is 3.04. The van der Waals surface area contributed by atoms with Gasteiger partial charge in [0, 0.05) is 24.7 Å². The molecular weight excluding hydrogens is 384 g/mol. The van der Waals surface area contributed by atoms with Gasteiger partial charge in [-0.25, -0.2) is 8.42 Å². The van der Waals surface area contributed by atoms with E-state index in [4.69, 9.17) is 0 Å². The first kappa shape index (κ1) is 22.3. The molecule has 5 nitrogen and oxygen atoms in total. The second kappa shape index (κ2) is 9.61. The molecule has 3 atom stereocenters. The lowest BCUT2D eigenvalue weighted by Crippen LogP contribution is -2.36. The molecule has 1 N–H and O–H groups in total. The molecule has 29 heavy (non-hydrogen) atoms. The Morgan fingerprint density at radius 3 is 2.24 bits per heavy atom. The summed E-state index contributed by atoms with van der Waals surface area (Å²) in [6, 6.07) is 6.69. The van der Waals surface area contributed by atoms with Crippen LogP contribution in [0.5, 0.6) is 0 Å². The van der Waals surface area contributed by atoms with Crippen LogP contribution in [0.1, 0.15) is 65.7 Å². The van der Waals surface area contributed by atoms with Gasteiger partial charge in [-0.15, -0.1) is 0 Å². The summed E-state index contributed by atoms with van der Waals surface area (Å²) < 4.78 is 27.4. The van der Waals surface area contributed by atoms with E-state index in [1.54, 1.807) is 28.6 Å². The van der Waals surface area contributed by atoms with E-state index in [0.717, 1.165) is 38.5 Å². The van der Waals surface area contributed by atoms with E-state index in [1.165, 1.54) is 6.42 Å². The van der Waals surface area contributed by atoms with Gasteiger partial charge in [0.1, 0.15) is 0 Å². The molecule has 1 saturated carbocycles. The summed E-state index contributed by atoms with van der Waals surface area (Å²) in [4.78, 5) is 13.3. The van der Waals surface area contributed by atoms with Crippen molar-refractivity contribution in [2.75, 3.05) is 18.4 Å². The molecule has 0 bridgehead atoms. The molecule has 1 aliphatic heterocycles. The van der Waals surface area contributed by atoms with Gasteiger partial charge in [-0.2, -0.15) is 4.31 Å². The normalized spacial score (nSPS) is 26.8. The molecule has 3 rings (SSSR count). The molecule has 1 saturated heterocycles. The van der Waals surface area contributed by atoms with Gasteiger partial charge < -0.3 is 5.32 Å². The van der Waals surface area contributed by atoms with E-state index in [0.29, 0.717) is 41.4 Å². The topological polar surface area (TPSA) is 66.5 Å². The third-order valence-corrected chi connectivity index (χ3v) is 8.60. The predicted molar refractivity (Wildman–Crippen MR) is 117 cm³/mol. The lowest BCUT2D eigenvalue weighted by Gasteiger charge is -2.36. The Hall–Kier alpha value is -1.40. The highest BCUT2D eigenvalue weighted by Gasteiger charge is 2.35. The van der Waals surface area contributed by atoms with Crippen LogP contribution in [-0.2, 0) is 14.8 Å². The smallest absolute Gasteiger partial charge is 0.243 e. The van der Waals surface area contributed by atoms with Crippen molar-refractivity contribution in [2.45, 2.75) is 70.6 Å². The van der Waals surface area contributed by atoms with E-state index < -0.39 is 10.0 Å². The summed E-state index contributed by atoms with van der Waals surface area (Å²) in [6.07, 6.45) is 7.24. The van der Waals surface area contributed by atoms with Crippen LogP contribution >= 0.6 is 0 Å². The molecule has 1 aliphatic carbocycles.